The molecule has 2 amide bonds. The van der Waals surface area contributed by atoms with E-state index in [0.29, 0.717) is 10.5 Å². The molecule has 0 atom stereocenters. The van der Waals surface area contributed by atoms with Gasteiger partial charge < -0.3 is 15.3 Å². The van der Waals surface area contributed by atoms with E-state index >= 15 is 0 Å². The van der Waals surface area contributed by atoms with Crippen molar-refractivity contribution >= 4 is 29.3 Å². The number of nitrogens with one attached hydrogen (secondary N) is 1. The number of nitrogens with zero attached hydrogens (tertiary/aromatic N) is 2. The van der Waals surface area contributed by atoms with Crippen molar-refractivity contribution in [2.75, 3.05) is 19.8 Å². The molecule has 142 valence electrons. The Morgan fingerprint density at radius 2 is 1.93 bits per heavy atom. The first-order valence-corrected chi connectivity index (χ1v) is 8.94. The van der Waals surface area contributed by atoms with Gasteiger partial charge in [-0.3, -0.25) is 19.7 Å². The number of non-ortho nitro benzene ring substituents is 1. The summed E-state index contributed by atoms with van der Waals surface area (Å²) in [4.78, 5) is 36.7. The maximum atomic E-state index is 12.5. The SMILES string of the molecule is CN(C)C(=O)CSc1ccccc1C(=O)NCc1cc([N+](=O)[O-])ccc1O. The lowest BCUT2D eigenvalue weighted by Gasteiger charge is -2.12. The average molecular weight is 389 g/mol. The minimum absolute atomic E-state index is 0.0675. The second-order valence-corrected chi connectivity index (χ2v) is 6.84. The molecule has 2 aromatic carbocycles. The van der Waals surface area contributed by atoms with Crippen LogP contribution in [0.1, 0.15) is 15.9 Å². The van der Waals surface area contributed by atoms with E-state index in [2.05, 4.69) is 5.32 Å². The summed E-state index contributed by atoms with van der Waals surface area (Å²) >= 11 is 1.25. The largest absolute Gasteiger partial charge is 0.508 e. The number of benzene rings is 2. The quantitative estimate of drug-likeness (QED) is 0.427. The fourth-order valence-electron chi connectivity index (χ4n) is 2.15. The third kappa shape index (κ3) is 5.45. The van der Waals surface area contributed by atoms with Crippen molar-refractivity contribution in [3.8, 4) is 5.75 Å². The minimum atomic E-state index is -0.571. The molecule has 27 heavy (non-hydrogen) atoms. The number of nitro groups is 1. The summed E-state index contributed by atoms with van der Waals surface area (Å²) in [6, 6.07) is 10.5. The van der Waals surface area contributed by atoms with Gasteiger partial charge in [0.1, 0.15) is 5.75 Å². The molecule has 8 nitrogen and oxygen atoms in total. The number of hydrogen-bond acceptors (Lipinski definition) is 6. The van der Waals surface area contributed by atoms with Crippen LogP contribution in [0, 0.1) is 10.1 Å². The highest BCUT2D eigenvalue weighted by atomic mass is 32.2. The molecule has 2 rings (SSSR count). The zero-order valence-electron chi connectivity index (χ0n) is 14.8. The van der Waals surface area contributed by atoms with Crippen molar-refractivity contribution in [2.45, 2.75) is 11.4 Å². The van der Waals surface area contributed by atoms with Gasteiger partial charge in [-0.15, -0.1) is 11.8 Å². The Kier molecular flexibility index (Phi) is 6.78. The third-order valence-electron chi connectivity index (χ3n) is 3.69. The van der Waals surface area contributed by atoms with Gasteiger partial charge in [0.25, 0.3) is 11.6 Å². The highest BCUT2D eigenvalue weighted by Crippen LogP contribution is 2.25. The van der Waals surface area contributed by atoms with E-state index in [4.69, 9.17) is 0 Å². The highest BCUT2D eigenvalue weighted by Gasteiger charge is 2.15. The number of aromatic hydroxyl groups is 1. The molecule has 0 spiro atoms. The average Bonchev–Trinajstić information content (AvgIpc) is 2.65. The lowest BCUT2D eigenvalue weighted by molar-refractivity contribution is -0.384. The van der Waals surface area contributed by atoms with Gasteiger partial charge in [0.05, 0.1) is 16.2 Å². The monoisotopic (exact) mass is 389 g/mol. The summed E-state index contributed by atoms with van der Waals surface area (Å²) in [6.45, 7) is -0.0675. The predicted molar refractivity (Wildman–Crippen MR) is 102 cm³/mol. The first-order valence-electron chi connectivity index (χ1n) is 7.96. The number of carbonyl (C=O) groups is 2. The molecule has 9 heteroatoms. The van der Waals surface area contributed by atoms with Gasteiger partial charge in [-0.1, -0.05) is 12.1 Å². The third-order valence-corrected chi connectivity index (χ3v) is 4.75. The van der Waals surface area contributed by atoms with Crippen LogP contribution in [0.15, 0.2) is 47.4 Å². The smallest absolute Gasteiger partial charge is 0.270 e. The summed E-state index contributed by atoms with van der Waals surface area (Å²) in [6.07, 6.45) is 0. The van der Waals surface area contributed by atoms with Crippen LogP contribution in [0.4, 0.5) is 5.69 Å². The van der Waals surface area contributed by atoms with Crippen LogP contribution >= 0.6 is 11.8 Å². The molecule has 2 N–H and O–H groups in total. The Hall–Kier alpha value is -3.07. The predicted octanol–water partition coefficient (Wildman–Crippen LogP) is 2.41. The first-order chi connectivity index (χ1) is 12.8. The summed E-state index contributed by atoms with van der Waals surface area (Å²) in [7, 11) is 3.32. The minimum Gasteiger partial charge on any atom is -0.508 e. The van der Waals surface area contributed by atoms with Gasteiger partial charge >= 0.3 is 0 Å². The van der Waals surface area contributed by atoms with E-state index in [-0.39, 0.29) is 35.2 Å². The van der Waals surface area contributed by atoms with Gasteiger partial charge in [-0.2, -0.15) is 0 Å². The molecule has 0 aromatic heterocycles. The molecule has 0 aliphatic carbocycles. The molecule has 0 saturated heterocycles. The van der Waals surface area contributed by atoms with E-state index in [1.165, 1.54) is 34.9 Å². The van der Waals surface area contributed by atoms with Crippen molar-refractivity contribution in [1.29, 1.82) is 0 Å². The van der Waals surface area contributed by atoms with Gasteiger partial charge in [0, 0.05) is 43.2 Å². The summed E-state index contributed by atoms with van der Waals surface area (Å²) in [5.41, 5.74) is 0.458. The molecule has 0 aliphatic heterocycles. The standard InChI is InChI=1S/C18H19N3O5S/c1-20(2)17(23)11-27-16-6-4-3-5-14(16)18(24)19-10-12-9-13(21(25)26)7-8-15(12)22/h3-9,22H,10-11H2,1-2H3,(H,19,24). The summed E-state index contributed by atoms with van der Waals surface area (Å²) in [5, 5.41) is 23.3. The Morgan fingerprint density at radius 1 is 1.22 bits per heavy atom. The van der Waals surface area contributed by atoms with Gasteiger partial charge in [0.15, 0.2) is 0 Å². The van der Waals surface area contributed by atoms with Crippen molar-refractivity contribution in [3.05, 3.63) is 63.7 Å². The molecule has 0 unspecified atom stereocenters. The van der Waals surface area contributed by atoms with Gasteiger partial charge in [-0.25, -0.2) is 0 Å². The second kappa shape index (κ2) is 9.04. The van der Waals surface area contributed by atoms with Crippen LogP contribution in [-0.2, 0) is 11.3 Å². The number of phenolic OH excluding ortho intramolecular Hbond substituents is 1. The normalized spacial score (nSPS) is 10.3. The number of rotatable bonds is 7. The lowest BCUT2D eigenvalue weighted by Crippen LogP contribution is -2.25. The number of carbonyl (C=O) groups excluding carboxylic acids is 2. The Bertz CT molecular complexity index is 870. The number of phenols is 1. The molecule has 0 bridgehead atoms. The fourth-order valence-corrected chi connectivity index (χ4v) is 3.17. The van der Waals surface area contributed by atoms with E-state index in [1.54, 1.807) is 38.4 Å². The molecule has 0 heterocycles. The highest BCUT2D eigenvalue weighted by molar-refractivity contribution is 8.00. The first kappa shape index (κ1) is 20.2. The molecule has 0 radical (unpaired) electrons. The topological polar surface area (TPSA) is 113 Å². The van der Waals surface area contributed by atoms with Gasteiger partial charge in [-0.05, 0) is 18.2 Å². The zero-order chi connectivity index (χ0) is 20.0. The summed E-state index contributed by atoms with van der Waals surface area (Å²) in [5.74, 6) is -0.415. The van der Waals surface area contributed by atoms with E-state index < -0.39 is 10.8 Å². The molecular weight excluding hydrogens is 370 g/mol. The molecule has 0 saturated carbocycles. The van der Waals surface area contributed by atoms with Crippen molar-refractivity contribution in [2.24, 2.45) is 0 Å². The van der Waals surface area contributed by atoms with Crippen LogP contribution in [-0.4, -0.2) is 46.6 Å². The van der Waals surface area contributed by atoms with E-state index in [1.807, 2.05) is 0 Å². The number of thioether (sulfide) groups is 1. The maximum Gasteiger partial charge on any atom is 0.270 e. The number of amides is 2. The molecule has 2 aromatic rings. The number of nitro benzene ring substituents is 1. The van der Waals surface area contributed by atoms with Gasteiger partial charge in [0.2, 0.25) is 5.91 Å². The maximum absolute atomic E-state index is 12.5. The molecular formula is C18H19N3O5S. The number of hydrogen-bond donors (Lipinski definition) is 2. The fraction of sp³-hybridized carbons (Fsp3) is 0.222. The van der Waals surface area contributed by atoms with Crippen LogP contribution in [0.25, 0.3) is 0 Å². The molecule has 0 aliphatic rings. The second-order valence-electron chi connectivity index (χ2n) is 5.83. The zero-order valence-corrected chi connectivity index (χ0v) is 15.7. The Labute approximate surface area is 160 Å². The van der Waals surface area contributed by atoms with Crippen LogP contribution in [0.3, 0.4) is 0 Å². The van der Waals surface area contributed by atoms with Crippen molar-refractivity contribution < 1.29 is 19.6 Å². The van der Waals surface area contributed by atoms with Crippen molar-refractivity contribution in [1.82, 2.24) is 10.2 Å². The Balaban J connectivity index is 2.10. The summed E-state index contributed by atoms with van der Waals surface area (Å²) < 4.78 is 0. The van der Waals surface area contributed by atoms with Crippen molar-refractivity contribution in [3.63, 3.8) is 0 Å². The lowest BCUT2D eigenvalue weighted by atomic mass is 10.1. The van der Waals surface area contributed by atoms with E-state index in [0.717, 1.165) is 0 Å². The van der Waals surface area contributed by atoms with Crippen LogP contribution in [0.5, 0.6) is 5.75 Å². The van der Waals surface area contributed by atoms with E-state index in [9.17, 15) is 24.8 Å². The Morgan fingerprint density at radius 3 is 2.59 bits per heavy atom. The molecule has 0 fully saturated rings. The van der Waals surface area contributed by atoms with Crippen LogP contribution in [0.2, 0.25) is 0 Å². The van der Waals surface area contributed by atoms with Crippen LogP contribution < -0.4 is 5.32 Å².